The Kier molecular flexibility index (Phi) is 4.72. The number of aromatic nitrogens is 2. The Bertz CT molecular complexity index is 845. The number of aromatic hydroxyl groups is 1. The van der Waals surface area contributed by atoms with Gasteiger partial charge in [0, 0.05) is 30.3 Å². The van der Waals surface area contributed by atoms with E-state index in [2.05, 4.69) is 27.0 Å². The smallest absolute Gasteiger partial charge is 0.266 e. The molecule has 27 heavy (non-hydrogen) atoms. The fraction of sp³-hybridized carbons (Fsp3) is 0.500. The fourth-order valence-electron chi connectivity index (χ4n) is 4.34. The van der Waals surface area contributed by atoms with Gasteiger partial charge in [-0.05, 0) is 63.0 Å². The number of hydrogen-bond acceptors (Lipinski definition) is 5. The number of phenolic OH excluding ortho intramolecular Hbond substituents is 1. The van der Waals surface area contributed by atoms with Crippen LogP contribution in [-0.2, 0) is 0 Å². The van der Waals surface area contributed by atoms with Gasteiger partial charge in [0.1, 0.15) is 11.4 Å². The second kappa shape index (κ2) is 7.03. The van der Waals surface area contributed by atoms with E-state index in [9.17, 15) is 13.9 Å². The fourth-order valence-corrected chi connectivity index (χ4v) is 4.34. The van der Waals surface area contributed by atoms with Crippen molar-refractivity contribution in [2.45, 2.75) is 32.2 Å². The molecule has 0 saturated carbocycles. The quantitative estimate of drug-likeness (QED) is 0.889. The van der Waals surface area contributed by atoms with Crippen molar-refractivity contribution < 1.29 is 13.9 Å². The summed E-state index contributed by atoms with van der Waals surface area (Å²) in [5, 5.41) is 18.6. The van der Waals surface area contributed by atoms with Gasteiger partial charge in [0.05, 0.1) is 0 Å². The van der Waals surface area contributed by atoms with Crippen LogP contribution in [0.25, 0.3) is 11.3 Å². The zero-order valence-corrected chi connectivity index (χ0v) is 15.6. The van der Waals surface area contributed by atoms with Crippen molar-refractivity contribution >= 4 is 5.82 Å². The number of nitrogens with zero attached hydrogens (tertiary/aromatic N) is 4. The number of hydrogen-bond donors (Lipinski definition) is 1. The summed E-state index contributed by atoms with van der Waals surface area (Å²) in [5.41, 5.74) is 0.991. The van der Waals surface area contributed by atoms with E-state index in [0.717, 1.165) is 38.0 Å². The van der Waals surface area contributed by atoms with Gasteiger partial charge in [0.2, 0.25) is 0 Å². The Morgan fingerprint density at radius 3 is 2.67 bits per heavy atom. The SMILES string of the molecule is Cc1ccc(-c2nnc(N3CCC4CCN(C)CC43)cc2C(F)F)c(O)c1. The second-order valence-corrected chi connectivity index (χ2v) is 7.69. The molecule has 2 saturated heterocycles. The summed E-state index contributed by atoms with van der Waals surface area (Å²) >= 11 is 0. The summed E-state index contributed by atoms with van der Waals surface area (Å²) in [6.45, 7) is 4.64. The van der Waals surface area contributed by atoms with Crippen LogP contribution in [-0.4, -0.2) is 52.9 Å². The van der Waals surface area contributed by atoms with Crippen LogP contribution in [0.4, 0.5) is 14.6 Å². The van der Waals surface area contributed by atoms with E-state index in [1.54, 1.807) is 18.2 Å². The van der Waals surface area contributed by atoms with Crippen molar-refractivity contribution in [1.29, 1.82) is 0 Å². The van der Waals surface area contributed by atoms with Crippen LogP contribution in [0.3, 0.4) is 0 Å². The average Bonchev–Trinajstić information content (AvgIpc) is 3.04. The molecule has 2 fully saturated rings. The van der Waals surface area contributed by atoms with E-state index < -0.39 is 6.43 Å². The molecule has 7 heteroatoms. The first kappa shape index (κ1) is 18.1. The van der Waals surface area contributed by atoms with Gasteiger partial charge in [-0.3, -0.25) is 0 Å². The zero-order chi connectivity index (χ0) is 19.1. The lowest BCUT2D eigenvalue weighted by Crippen LogP contribution is -2.47. The summed E-state index contributed by atoms with van der Waals surface area (Å²) < 4.78 is 27.6. The lowest BCUT2D eigenvalue weighted by atomic mass is 9.92. The van der Waals surface area contributed by atoms with Crippen molar-refractivity contribution in [2.75, 3.05) is 31.6 Å². The largest absolute Gasteiger partial charge is 0.507 e. The molecule has 1 N–H and O–H groups in total. The minimum Gasteiger partial charge on any atom is -0.507 e. The predicted octanol–water partition coefficient (Wildman–Crippen LogP) is 3.63. The van der Waals surface area contributed by atoms with Crippen molar-refractivity contribution in [3.63, 3.8) is 0 Å². The molecule has 0 spiro atoms. The Morgan fingerprint density at radius 2 is 1.93 bits per heavy atom. The van der Waals surface area contributed by atoms with Crippen molar-refractivity contribution in [3.05, 3.63) is 35.4 Å². The van der Waals surface area contributed by atoms with E-state index in [4.69, 9.17) is 0 Å². The molecule has 0 aliphatic carbocycles. The van der Waals surface area contributed by atoms with Gasteiger partial charge in [0.25, 0.3) is 6.43 Å². The summed E-state index contributed by atoms with van der Waals surface area (Å²) in [6.07, 6.45) is -0.505. The highest BCUT2D eigenvalue weighted by Crippen LogP contribution is 2.38. The number of benzene rings is 1. The standard InChI is InChI=1S/C20H24F2N4O/c1-12-3-4-14(17(27)9-12)19-15(20(21)22)10-18(23-24-19)26-8-6-13-5-7-25(2)11-16(13)26/h3-4,9-10,13,16,20,27H,5-8,11H2,1-2H3. The van der Waals surface area contributed by atoms with Crippen LogP contribution >= 0.6 is 0 Å². The molecule has 2 aliphatic heterocycles. The molecule has 5 nitrogen and oxygen atoms in total. The third-order valence-corrected chi connectivity index (χ3v) is 5.81. The van der Waals surface area contributed by atoms with Gasteiger partial charge in [-0.15, -0.1) is 10.2 Å². The molecule has 4 rings (SSSR count). The van der Waals surface area contributed by atoms with Crippen LogP contribution in [0.15, 0.2) is 24.3 Å². The number of anilines is 1. The molecule has 0 amide bonds. The van der Waals surface area contributed by atoms with E-state index >= 15 is 0 Å². The van der Waals surface area contributed by atoms with Crippen LogP contribution < -0.4 is 4.90 Å². The van der Waals surface area contributed by atoms with Crippen molar-refractivity contribution in [1.82, 2.24) is 15.1 Å². The number of halogens is 2. The monoisotopic (exact) mass is 374 g/mol. The Balaban J connectivity index is 1.71. The van der Waals surface area contributed by atoms with E-state index in [0.29, 0.717) is 17.8 Å². The Hall–Kier alpha value is -2.28. The lowest BCUT2D eigenvalue weighted by Gasteiger charge is -2.37. The van der Waals surface area contributed by atoms with Crippen LogP contribution in [0.5, 0.6) is 5.75 Å². The lowest BCUT2D eigenvalue weighted by molar-refractivity contribution is 0.151. The van der Waals surface area contributed by atoms with Crippen molar-refractivity contribution in [3.8, 4) is 17.0 Å². The highest BCUT2D eigenvalue weighted by Gasteiger charge is 2.38. The Labute approximate surface area is 157 Å². The molecule has 0 radical (unpaired) electrons. The molecule has 1 aromatic carbocycles. The number of phenols is 1. The van der Waals surface area contributed by atoms with E-state index in [1.165, 1.54) is 6.07 Å². The van der Waals surface area contributed by atoms with Gasteiger partial charge in [-0.25, -0.2) is 8.78 Å². The number of likely N-dealkylation sites (tertiary alicyclic amines) is 1. The first-order chi connectivity index (χ1) is 12.9. The molecule has 2 unspecified atom stereocenters. The number of likely N-dealkylation sites (N-methyl/N-ethyl adjacent to an activating group) is 1. The number of alkyl halides is 2. The molecule has 2 atom stereocenters. The number of fused-ring (bicyclic) bond motifs is 1. The summed E-state index contributed by atoms with van der Waals surface area (Å²) in [5.74, 6) is 1.02. The van der Waals surface area contributed by atoms with Crippen LogP contribution in [0, 0.1) is 12.8 Å². The highest BCUT2D eigenvalue weighted by atomic mass is 19.3. The number of rotatable bonds is 3. The maximum atomic E-state index is 13.8. The Morgan fingerprint density at radius 1 is 1.15 bits per heavy atom. The van der Waals surface area contributed by atoms with Crippen LogP contribution in [0.1, 0.15) is 30.4 Å². The maximum Gasteiger partial charge on any atom is 0.266 e. The van der Waals surface area contributed by atoms with Gasteiger partial charge in [-0.2, -0.15) is 0 Å². The normalized spacial score (nSPS) is 23.1. The zero-order valence-electron chi connectivity index (χ0n) is 15.6. The minimum atomic E-state index is -2.69. The molecule has 144 valence electrons. The van der Waals surface area contributed by atoms with Gasteiger partial charge >= 0.3 is 0 Å². The minimum absolute atomic E-state index is 0.0442. The van der Waals surface area contributed by atoms with E-state index in [-0.39, 0.29) is 22.6 Å². The molecule has 3 heterocycles. The molecular weight excluding hydrogens is 350 g/mol. The molecule has 2 aromatic rings. The van der Waals surface area contributed by atoms with Gasteiger partial charge in [0.15, 0.2) is 5.82 Å². The average molecular weight is 374 g/mol. The summed E-state index contributed by atoms with van der Waals surface area (Å²) in [6, 6.07) is 6.67. The topological polar surface area (TPSA) is 52.5 Å². The van der Waals surface area contributed by atoms with E-state index in [1.807, 2.05) is 6.92 Å². The summed E-state index contributed by atoms with van der Waals surface area (Å²) in [4.78, 5) is 4.40. The predicted molar refractivity (Wildman–Crippen MR) is 100 cm³/mol. The van der Waals surface area contributed by atoms with Gasteiger partial charge < -0.3 is 14.9 Å². The first-order valence-electron chi connectivity index (χ1n) is 9.35. The van der Waals surface area contributed by atoms with Crippen molar-refractivity contribution in [2.24, 2.45) is 5.92 Å². The number of piperidine rings is 1. The first-order valence-corrected chi connectivity index (χ1v) is 9.35. The number of aryl methyl sites for hydroxylation is 1. The maximum absolute atomic E-state index is 13.8. The second-order valence-electron chi connectivity index (χ2n) is 7.69. The van der Waals surface area contributed by atoms with Gasteiger partial charge in [-0.1, -0.05) is 6.07 Å². The van der Waals surface area contributed by atoms with Crippen LogP contribution in [0.2, 0.25) is 0 Å². The molecule has 0 bridgehead atoms. The molecule has 2 aliphatic rings. The molecule has 1 aromatic heterocycles. The third kappa shape index (κ3) is 3.36. The molecular formula is C20H24F2N4O. The summed E-state index contributed by atoms with van der Waals surface area (Å²) in [7, 11) is 2.09. The third-order valence-electron chi connectivity index (χ3n) is 5.81. The highest BCUT2D eigenvalue weighted by molar-refractivity contribution is 5.71.